The number of β-lactam (4-membered cyclic amide) rings is 1. The van der Waals surface area contributed by atoms with Crippen LogP contribution in [0.1, 0.15) is 6.92 Å². The molecule has 1 fully saturated rings. The topological polar surface area (TPSA) is 107 Å². The first-order valence-electron chi connectivity index (χ1n) is 5.25. The molecule has 0 aromatic heterocycles. The van der Waals surface area contributed by atoms with Crippen molar-refractivity contribution in [3.8, 4) is 0 Å². The molecule has 2 amide bonds. The summed E-state index contributed by atoms with van der Waals surface area (Å²) < 4.78 is 0. The highest BCUT2D eigenvalue weighted by atomic mass is 32.2. The van der Waals surface area contributed by atoms with E-state index < -0.39 is 29.9 Å². The average Bonchev–Trinajstić information content (AvgIpc) is 2.33. The number of carbonyl (C=O) groups excluding carboxylic acids is 2. The summed E-state index contributed by atoms with van der Waals surface area (Å²) in [5.74, 6) is -1.69. The molecule has 2 aliphatic rings. The second-order valence-electron chi connectivity index (χ2n) is 4.00. The van der Waals surface area contributed by atoms with Gasteiger partial charge < -0.3 is 15.5 Å². The summed E-state index contributed by atoms with van der Waals surface area (Å²) in [6.07, 6.45) is 0. The number of aliphatic hydroxyl groups excluding tert-OH is 1. The lowest BCUT2D eigenvalue weighted by molar-refractivity contribution is -0.150. The number of fused-ring (bicyclic) bond motifs is 1. The Morgan fingerprint density at radius 1 is 1.56 bits per heavy atom. The van der Waals surface area contributed by atoms with Gasteiger partial charge in [0, 0.05) is 12.7 Å². The van der Waals surface area contributed by atoms with Gasteiger partial charge in [-0.15, -0.1) is 11.8 Å². The summed E-state index contributed by atoms with van der Waals surface area (Å²) in [7, 11) is 0. The molecule has 0 aliphatic carbocycles. The molecular weight excluding hydrogens is 260 g/mol. The third-order valence-electron chi connectivity index (χ3n) is 2.80. The molecule has 0 spiro atoms. The fourth-order valence-corrected chi connectivity index (χ4v) is 3.36. The van der Waals surface area contributed by atoms with E-state index in [4.69, 9.17) is 10.2 Å². The zero-order valence-corrected chi connectivity index (χ0v) is 10.4. The van der Waals surface area contributed by atoms with E-state index in [2.05, 4.69) is 5.32 Å². The Morgan fingerprint density at radius 3 is 2.72 bits per heavy atom. The van der Waals surface area contributed by atoms with Crippen LogP contribution in [0.25, 0.3) is 0 Å². The number of hydrogen-bond acceptors (Lipinski definition) is 5. The number of nitrogens with zero attached hydrogens (tertiary/aromatic N) is 1. The molecule has 0 aromatic carbocycles. The SMILES string of the molecule is CC(=O)NC1C(=O)N2C(C(=O)O)=C(CO)CS[C@@H]12. The molecule has 0 aromatic rings. The number of thioether (sulfide) groups is 1. The molecule has 2 rings (SSSR count). The van der Waals surface area contributed by atoms with Crippen LogP contribution < -0.4 is 5.32 Å². The lowest BCUT2D eigenvalue weighted by Crippen LogP contribution is -2.70. The fraction of sp³-hybridized carbons (Fsp3) is 0.500. The largest absolute Gasteiger partial charge is 0.477 e. The summed E-state index contributed by atoms with van der Waals surface area (Å²) in [5, 5.41) is 20.3. The second kappa shape index (κ2) is 4.62. The highest BCUT2D eigenvalue weighted by Gasteiger charge is 2.53. The Labute approximate surface area is 107 Å². The molecule has 1 unspecified atom stereocenters. The van der Waals surface area contributed by atoms with Crippen LogP contribution >= 0.6 is 11.8 Å². The van der Waals surface area contributed by atoms with E-state index in [1.807, 2.05) is 0 Å². The van der Waals surface area contributed by atoms with Gasteiger partial charge >= 0.3 is 5.97 Å². The van der Waals surface area contributed by atoms with E-state index in [1.54, 1.807) is 0 Å². The zero-order chi connectivity index (χ0) is 13.4. The molecule has 2 aliphatic heterocycles. The molecule has 98 valence electrons. The van der Waals surface area contributed by atoms with Gasteiger partial charge in [0.25, 0.3) is 5.91 Å². The smallest absolute Gasteiger partial charge is 0.352 e. The lowest BCUT2D eigenvalue weighted by Gasteiger charge is -2.49. The monoisotopic (exact) mass is 272 g/mol. The maximum Gasteiger partial charge on any atom is 0.352 e. The van der Waals surface area contributed by atoms with Crippen LogP contribution in [0.15, 0.2) is 11.3 Å². The van der Waals surface area contributed by atoms with Crippen LogP contribution in [0.5, 0.6) is 0 Å². The summed E-state index contributed by atoms with van der Waals surface area (Å²) in [5.41, 5.74) is 0.159. The van der Waals surface area contributed by atoms with Crippen molar-refractivity contribution in [3.05, 3.63) is 11.3 Å². The van der Waals surface area contributed by atoms with E-state index in [-0.39, 0.29) is 11.6 Å². The van der Waals surface area contributed by atoms with Crippen molar-refractivity contribution in [2.45, 2.75) is 18.3 Å². The molecule has 0 radical (unpaired) electrons. The van der Waals surface area contributed by atoms with Crippen molar-refractivity contribution in [2.75, 3.05) is 12.4 Å². The highest BCUT2D eigenvalue weighted by Crippen LogP contribution is 2.40. The van der Waals surface area contributed by atoms with Crippen LogP contribution in [0.4, 0.5) is 0 Å². The first-order chi connectivity index (χ1) is 8.47. The molecule has 1 saturated heterocycles. The van der Waals surface area contributed by atoms with E-state index in [0.717, 1.165) is 4.90 Å². The molecule has 2 atom stereocenters. The van der Waals surface area contributed by atoms with Gasteiger partial charge in [-0.05, 0) is 5.57 Å². The molecule has 2 heterocycles. The maximum absolute atomic E-state index is 11.8. The molecular formula is C10H12N2O5S. The van der Waals surface area contributed by atoms with Crippen LogP contribution in [0, 0.1) is 0 Å². The number of aliphatic hydroxyl groups is 1. The maximum atomic E-state index is 11.8. The molecule has 7 nitrogen and oxygen atoms in total. The van der Waals surface area contributed by atoms with Crippen LogP contribution in [0.3, 0.4) is 0 Å². The Morgan fingerprint density at radius 2 is 2.22 bits per heavy atom. The minimum Gasteiger partial charge on any atom is -0.477 e. The zero-order valence-electron chi connectivity index (χ0n) is 9.54. The number of aliphatic carboxylic acids is 1. The average molecular weight is 272 g/mol. The van der Waals surface area contributed by atoms with Crippen LogP contribution in [-0.4, -0.2) is 56.7 Å². The first-order valence-corrected chi connectivity index (χ1v) is 6.30. The predicted octanol–water partition coefficient (Wildman–Crippen LogP) is -1.26. The third-order valence-corrected chi connectivity index (χ3v) is 4.14. The van der Waals surface area contributed by atoms with Gasteiger partial charge in [-0.3, -0.25) is 14.5 Å². The van der Waals surface area contributed by atoms with Crippen molar-refractivity contribution in [1.82, 2.24) is 10.2 Å². The number of rotatable bonds is 3. The predicted molar refractivity (Wildman–Crippen MR) is 62.4 cm³/mol. The van der Waals surface area contributed by atoms with E-state index in [0.29, 0.717) is 11.3 Å². The van der Waals surface area contributed by atoms with Crippen molar-refractivity contribution in [2.24, 2.45) is 0 Å². The third kappa shape index (κ3) is 1.87. The van der Waals surface area contributed by atoms with Crippen LogP contribution in [-0.2, 0) is 14.4 Å². The minimum atomic E-state index is -1.24. The van der Waals surface area contributed by atoms with E-state index in [1.165, 1.54) is 18.7 Å². The first kappa shape index (κ1) is 12.9. The molecule has 8 heteroatoms. The van der Waals surface area contributed by atoms with Gasteiger partial charge in [0.1, 0.15) is 17.1 Å². The summed E-state index contributed by atoms with van der Waals surface area (Å²) in [4.78, 5) is 35.0. The normalized spacial score (nSPS) is 26.6. The lowest BCUT2D eigenvalue weighted by atomic mass is 10.0. The van der Waals surface area contributed by atoms with E-state index in [9.17, 15) is 14.4 Å². The van der Waals surface area contributed by atoms with Crippen molar-refractivity contribution < 1.29 is 24.6 Å². The van der Waals surface area contributed by atoms with Gasteiger partial charge in [0.05, 0.1) is 6.61 Å². The number of carboxylic acid groups (broad SMARTS) is 1. The summed E-state index contributed by atoms with van der Waals surface area (Å²) in [6, 6.07) is -0.679. The Hall–Kier alpha value is -1.54. The standard InChI is InChI=1S/C10H12N2O5S/c1-4(14)11-6-8(15)12-7(10(16)17)5(2-13)3-18-9(6)12/h6,9,13H,2-3H2,1H3,(H,11,14)(H,16,17)/t6?,9-/m0/s1. The van der Waals surface area contributed by atoms with Gasteiger partial charge in [-0.25, -0.2) is 4.79 Å². The van der Waals surface area contributed by atoms with Crippen molar-refractivity contribution in [1.29, 1.82) is 0 Å². The molecule has 0 saturated carbocycles. The number of carbonyl (C=O) groups is 3. The van der Waals surface area contributed by atoms with Gasteiger partial charge in [0.2, 0.25) is 5.91 Å². The number of hydrogen-bond donors (Lipinski definition) is 3. The van der Waals surface area contributed by atoms with Crippen molar-refractivity contribution in [3.63, 3.8) is 0 Å². The van der Waals surface area contributed by atoms with Crippen molar-refractivity contribution >= 4 is 29.5 Å². The Bertz CT molecular complexity index is 461. The molecule has 18 heavy (non-hydrogen) atoms. The molecule has 3 N–H and O–H groups in total. The quantitative estimate of drug-likeness (QED) is 0.553. The second-order valence-corrected chi connectivity index (χ2v) is 5.11. The number of amides is 2. The van der Waals surface area contributed by atoms with E-state index >= 15 is 0 Å². The van der Waals surface area contributed by atoms with Gasteiger partial charge in [0.15, 0.2) is 0 Å². The van der Waals surface area contributed by atoms with Gasteiger partial charge in [-0.1, -0.05) is 0 Å². The number of carboxylic acids is 1. The Balaban J connectivity index is 2.26. The highest BCUT2D eigenvalue weighted by molar-refractivity contribution is 8.00. The fourth-order valence-electron chi connectivity index (χ4n) is 2.02. The minimum absolute atomic E-state index is 0.159. The van der Waals surface area contributed by atoms with Crippen LogP contribution in [0.2, 0.25) is 0 Å². The summed E-state index contributed by atoms with van der Waals surface area (Å²) in [6.45, 7) is 0.909. The Kier molecular flexibility index (Phi) is 3.31. The van der Waals surface area contributed by atoms with Gasteiger partial charge in [-0.2, -0.15) is 0 Å². The molecule has 0 bridgehead atoms. The summed E-state index contributed by atoms with van der Waals surface area (Å²) >= 11 is 1.33. The number of nitrogens with one attached hydrogen (secondary N) is 1.